The van der Waals surface area contributed by atoms with Crippen molar-refractivity contribution in [3.8, 4) is 0 Å². The van der Waals surface area contributed by atoms with Crippen molar-refractivity contribution in [3.63, 3.8) is 0 Å². The van der Waals surface area contributed by atoms with E-state index in [0.29, 0.717) is 5.69 Å². The number of nitro benzene ring substituents is 1. The Hall–Kier alpha value is -3.47. The number of rotatable bonds is 3. The van der Waals surface area contributed by atoms with E-state index < -0.39 is 26.9 Å². The number of nitrogens with one attached hydrogen (secondary N) is 3. The molecule has 1 aliphatic rings. The summed E-state index contributed by atoms with van der Waals surface area (Å²) >= 11 is 0. The molecule has 0 saturated heterocycles. The van der Waals surface area contributed by atoms with Crippen LogP contribution in [-0.2, 0) is 10.0 Å². The number of anilines is 2. The molecule has 0 spiro atoms. The lowest BCUT2D eigenvalue weighted by atomic mass is 10.2. The highest BCUT2D eigenvalue weighted by molar-refractivity contribution is 7.90. The third-order valence-electron chi connectivity index (χ3n) is 3.34. The molecule has 0 fully saturated rings. The van der Waals surface area contributed by atoms with Crippen LogP contribution in [0.4, 0.5) is 21.9 Å². The van der Waals surface area contributed by atoms with Gasteiger partial charge in [0.1, 0.15) is 4.90 Å². The van der Waals surface area contributed by atoms with Crippen LogP contribution >= 0.6 is 0 Å². The first-order valence-electron chi connectivity index (χ1n) is 6.80. The molecular weight excluding hydrogens is 352 g/mol. The number of fused-ring (bicyclic) bond motifs is 1. The largest absolute Gasteiger partial charge is 0.323 e. The number of benzene rings is 2. The highest BCUT2D eigenvalue weighted by Gasteiger charge is 2.32. The van der Waals surface area contributed by atoms with Crippen LogP contribution in [0.25, 0.3) is 0 Å². The van der Waals surface area contributed by atoms with E-state index in [9.17, 15) is 28.1 Å². The first kappa shape index (κ1) is 16.4. The summed E-state index contributed by atoms with van der Waals surface area (Å²) in [5, 5.41) is 15.4. The normalized spacial score (nSPS) is 14.3. The Morgan fingerprint density at radius 1 is 1.04 bits per heavy atom. The molecule has 2 aromatic rings. The van der Waals surface area contributed by atoms with Crippen LogP contribution in [0.15, 0.2) is 47.4 Å². The average Bonchev–Trinajstić information content (AvgIpc) is 2.77. The van der Waals surface area contributed by atoms with Crippen LogP contribution in [0.3, 0.4) is 0 Å². The Labute approximate surface area is 141 Å². The van der Waals surface area contributed by atoms with E-state index in [1.165, 1.54) is 36.4 Å². The molecule has 1 heterocycles. The molecule has 3 N–H and O–H groups in total. The molecular formula is C14H10N4O6S. The van der Waals surface area contributed by atoms with E-state index in [-0.39, 0.29) is 21.8 Å². The molecule has 0 unspecified atom stereocenters. The number of nitrogens with zero attached hydrogens (tertiary/aromatic N) is 1. The fraction of sp³-hybridized carbons (Fsp3) is 0. The molecule has 11 heteroatoms. The quantitative estimate of drug-likeness (QED) is 0.559. The lowest BCUT2D eigenvalue weighted by molar-refractivity contribution is -0.384. The van der Waals surface area contributed by atoms with E-state index >= 15 is 0 Å². The summed E-state index contributed by atoms with van der Waals surface area (Å²) in [6.07, 6.45) is 0. The van der Waals surface area contributed by atoms with E-state index in [1.54, 1.807) is 0 Å². The smallest absolute Gasteiger partial charge is 0.308 e. The fourth-order valence-corrected chi connectivity index (χ4v) is 3.40. The molecule has 1 aliphatic heterocycles. The highest BCUT2D eigenvalue weighted by Crippen LogP contribution is 2.25. The average molecular weight is 362 g/mol. The predicted octanol–water partition coefficient (Wildman–Crippen LogP) is 1.67. The third-order valence-corrected chi connectivity index (χ3v) is 4.71. The minimum absolute atomic E-state index is 0.00123. The summed E-state index contributed by atoms with van der Waals surface area (Å²) in [5.74, 6) is -0.725. The van der Waals surface area contributed by atoms with Gasteiger partial charge in [0, 0.05) is 23.5 Å². The molecule has 0 aromatic heterocycles. The minimum atomic E-state index is -3.92. The molecule has 0 bridgehead atoms. The Morgan fingerprint density at radius 2 is 1.64 bits per heavy atom. The maximum Gasteiger partial charge on any atom is 0.323 e. The van der Waals surface area contributed by atoms with E-state index in [1.807, 2.05) is 4.72 Å². The van der Waals surface area contributed by atoms with Gasteiger partial charge in [-0.15, -0.1) is 0 Å². The van der Waals surface area contributed by atoms with Crippen molar-refractivity contribution >= 4 is 39.0 Å². The van der Waals surface area contributed by atoms with Gasteiger partial charge in [-0.3, -0.25) is 14.9 Å². The summed E-state index contributed by atoms with van der Waals surface area (Å²) in [4.78, 5) is 33.2. The number of hydrogen-bond donors (Lipinski definition) is 3. The second-order valence-electron chi connectivity index (χ2n) is 5.03. The van der Waals surface area contributed by atoms with Gasteiger partial charge >= 0.3 is 6.03 Å². The number of amides is 3. The Bertz CT molecular complexity index is 1000. The van der Waals surface area contributed by atoms with Gasteiger partial charge in [-0.1, -0.05) is 0 Å². The lowest BCUT2D eigenvalue weighted by Gasteiger charge is -2.08. The highest BCUT2D eigenvalue weighted by atomic mass is 32.2. The van der Waals surface area contributed by atoms with E-state index in [4.69, 9.17) is 0 Å². The number of sulfonamides is 1. The van der Waals surface area contributed by atoms with Gasteiger partial charge in [0.05, 0.1) is 10.5 Å². The van der Waals surface area contributed by atoms with Crippen LogP contribution in [-0.4, -0.2) is 25.3 Å². The van der Waals surface area contributed by atoms with E-state index in [2.05, 4.69) is 10.6 Å². The summed E-state index contributed by atoms with van der Waals surface area (Å²) in [6.45, 7) is 0. The van der Waals surface area contributed by atoms with Crippen molar-refractivity contribution in [2.45, 2.75) is 4.90 Å². The molecule has 0 aliphatic carbocycles. The summed E-state index contributed by atoms with van der Waals surface area (Å²) in [7, 11) is -3.92. The maximum absolute atomic E-state index is 11.9. The minimum Gasteiger partial charge on any atom is -0.308 e. The summed E-state index contributed by atoms with van der Waals surface area (Å²) in [6, 6.07) is 8.33. The molecule has 0 saturated carbocycles. The molecule has 128 valence electrons. The summed E-state index contributed by atoms with van der Waals surface area (Å²) < 4.78 is 25.4. The number of urea groups is 1. The van der Waals surface area contributed by atoms with Crippen LogP contribution in [0, 0.1) is 10.1 Å². The Morgan fingerprint density at radius 3 is 2.28 bits per heavy atom. The Balaban J connectivity index is 1.74. The maximum atomic E-state index is 11.9. The van der Waals surface area contributed by atoms with Gasteiger partial charge in [-0.05, 0) is 30.3 Å². The fourth-order valence-electron chi connectivity index (χ4n) is 2.20. The van der Waals surface area contributed by atoms with Crippen molar-refractivity contribution in [3.05, 3.63) is 58.1 Å². The lowest BCUT2D eigenvalue weighted by Crippen LogP contribution is -2.21. The predicted molar refractivity (Wildman–Crippen MR) is 86.8 cm³/mol. The molecule has 25 heavy (non-hydrogen) atoms. The molecule has 0 atom stereocenters. The molecule has 3 rings (SSSR count). The zero-order valence-electron chi connectivity index (χ0n) is 12.3. The van der Waals surface area contributed by atoms with Crippen molar-refractivity contribution in [2.24, 2.45) is 0 Å². The van der Waals surface area contributed by atoms with Gasteiger partial charge in [0.25, 0.3) is 21.6 Å². The number of carbonyl (C=O) groups is 2. The topological polar surface area (TPSA) is 148 Å². The zero-order chi connectivity index (χ0) is 18.2. The van der Waals surface area contributed by atoms with Gasteiger partial charge in [0.2, 0.25) is 0 Å². The van der Waals surface area contributed by atoms with Crippen LogP contribution in [0.2, 0.25) is 0 Å². The SMILES string of the molecule is O=C(Nc1ccc([N+](=O)[O-])cc1)Nc1ccc2c(c1)S(=O)(=O)NC2=O. The van der Waals surface area contributed by atoms with Gasteiger partial charge in [-0.2, -0.15) is 0 Å². The van der Waals surface area contributed by atoms with Gasteiger partial charge < -0.3 is 10.6 Å². The van der Waals surface area contributed by atoms with E-state index in [0.717, 1.165) is 6.07 Å². The van der Waals surface area contributed by atoms with Gasteiger partial charge in [-0.25, -0.2) is 17.9 Å². The monoisotopic (exact) mass is 362 g/mol. The number of hydrogen-bond acceptors (Lipinski definition) is 6. The van der Waals surface area contributed by atoms with Crippen molar-refractivity contribution in [2.75, 3.05) is 10.6 Å². The summed E-state index contributed by atoms with van der Waals surface area (Å²) in [5.41, 5.74) is 0.361. The number of carbonyl (C=O) groups excluding carboxylic acids is 2. The van der Waals surface area contributed by atoms with Crippen LogP contribution in [0.1, 0.15) is 10.4 Å². The van der Waals surface area contributed by atoms with Crippen molar-refractivity contribution in [1.29, 1.82) is 0 Å². The standard InChI is InChI=1S/C14H10N4O6S/c19-13-11-6-3-9(7-12(11)25(23,24)17-13)16-14(20)15-8-1-4-10(5-2-8)18(21)22/h1-7H,(H,17,19)(H2,15,16,20). The number of nitro groups is 1. The second kappa shape index (κ2) is 5.87. The van der Waals surface area contributed by atoms with Crippen molar-refractivity contribution < 1.29 is 22.9 Å². The first-order valence-corrected chi connectivity index (χ1v) is 8.28. The molecule has 3 amide bonds. The third kappa shape index (κ3) is 3.26. The molecule has 2 aromatic carbocycles. The zero-order valence-corrected chi connectivity index (χ0v) is 13.2. The van der Waals surface area contributed by atoms with Crippen LogP contribution in [0.5, 0.6) is 0 Å². The second-order valence-corrected chi connectivity index (χ2v) is 6.68. The molecule has 10 nitrogen and oxygen atoms in total. The number of non-ortho nitro benzene ring substituents is 1. The Kier molecular flexibility index (Phi) is 3.85. The molecule has 0 radical (unpaired) electrons. The van der Waals surface area contributed by atoms with Crippen molar-refractivity contribution in [1.82, 2.24) is 4.72 Å². The first-order chi connectivity index (χ1) is 11.8. The van der Waals surface area contributed by atoms with Crippen LogP contribution < -0.4 is 15.4 Å². The van der Waals surface area contributed by atoms with Gasteiger partial charge in [0.15, 0.2) is 0 Å².